The van der Waals surface area contributed by atoms with Crippen LogP contribution in [-0.2, 0) is 33.2 Å². The van der Waals surface area contributed by atoms with Crippen molar-refractivity contribution in [2.75, 3.05) is 40.6 Å². The number of hydrogen-bond acceptors (Lipinski definition) is 7. The van der Waals surface area contributed by atoms with E-state index in [1.54, 1.807) is 14.2 Å². The Bertz CT molecular complexity index is 404. The summed E-state index contributed by atoms with van der Waals surface area (Å²) < 4.78 is 39.0. The zero-order valence-corrected chi connectivity index (χ0v) is 22.0. The maximum atomic E-state index is 5.87. The second kappa shape index (κ2) is 24.3. The van der Waals surface area contributed by atoms with Crippen LogP contribution in [0.5, 0.6) is 0 Å². The van der Waals surface area contributed by atoms with Crippen LogP contribution in [-0.4, -0.2) is 65.8 Å². The topological polar surface area (TPSA) is 64.6 Å². The maximum Gasteiger partial charge on any atom is 0.179 e. The third kappa shape index (κ3) is 19.2. The first kappa shape index (κ1) is 32.2. The monoisotopic (exact) mass is 474 g/mol. The van der Waals surface area contributed by atoms with Crippen molar-refractivity contribution < 1.29 is 33.2 Å². The molecular weight excluding hydrogens is 424 g/mol. The minimum atomic E-state index is -0.447. The molecule has 0 aliphatic heterocycles. The fraction of sp³-hybridized carbons (Fsp3) is 0.846. The Kier molecular flexibility index (Phi) is 23.7. The van der Waals surface area contributed by atoms with Crippen molar-refractivity contribution in [1.82, 2.24) is 0 Å². The summed E-state index contributed by atoms with van der Waals surface area (Å²) in [6.07, 6.45) is 14.9. The average Bonchev–Trinajstić information content (AvgIpc) is 2.81. The lowest BCUT2D eigenvalue weighted by Crippen LogP contribution is -2.22. The molecule has 0 N–H and O–H groups in total. The van der Waals surface area contributed by atoms with Gasteiger partial charge in [-0.1, -0.05) is 12.2 Å². The summed E-state index contributed by atoms with van der Waals surface area (Å²) in [6, 6.07) is 0. The predicted molar refractivity (Wildman–Crippen MR) is 132 cm³/mol. The Balaban J connectivity index is 4.15. The largest absolute Gasteiger partial charge is 0.353 e. The van der Waals surface area contributed by atoms with Crippen molar-refractivity contribution in [2.45, 2.75) is 104 Å². The van der Waals surface area contributed by atoms with Crippen molar-refractivity contribution >= 4 is 0 Å². The number of ether oxygens (including phenoxy) is 7. The molecule has 0 heterocycles. The molecule has 0 aliphatic carbocycles. The maximum absolute atomic E-state index is 5.87. The lowest BCUT2D eigenvalue weighted by Gasteiger charge is -2.18. The molecule has 2 unspecified atom stereocenters. The number of rotatable bonds is 24. The van der Waals surface area contributed by atoms with E-state index >= 15 is 0 Å². The van der Waals surface area contributed by atoms with Crippen LogP contribution >= 0.6 is 0 Å². The fourth-order valence-electron chi connectivity index (χ4n) is 3.23. The molecule has 0 aromatic rings. The average molecular weight is 475 g/mol. The minimum absolute atomic E-state index is 0.0935. The van der Waals surface area contributed by atoms with Crippen LogP contribution < -0.4 is 0 Å². The smallest absolute Gasteiger partial charge is 0.179 e. The van der Waals surface area contributed by atoms with Crippen LogP contribution in [0.4, 0.5) is 0 Å². The first-order valence-corrected chi connectivity index (χ1v) is 12.7. The van der Waals surface area contributed by atoms with Crippen molar-refractivity contribution in [3.05, 3.63) is 24.3 Å². The van der Waals surface area contributed by atoms with E-state index in [2.05, 4.69) is 12.2 Å². The van der Waals surface area contributed by atoms with E-state index in [0.717, 1.165) is 51.4 Å². The molecule has 0 spiro atoms. The van der Waals surface area contributed by atoms with Crippen LogP contribution in [0.3, 0.4) is 0 Å². The minimum Gasteiger partial charge on any atom is -0.353 e. The lowest BCUT2D eigenvalue weighted by molar-refractivity contribution is -0.188. The van der Waals surface area contributed by atoms with Gasteiger partial charge in [-0.3, -0.25) is 0 Å². The van der Waals surface area contributed by atoms with E-state index in [1.807, 2.05) is 39.8 Å². The third-order valence-electron chi connectivity index (χ3n) is 4.85. The van der Waals surface area contributed by atoms with Crippen molar-refractivity contribution in [1.29, 1.82) is 0 Å². The molecule has 7 heteroatoms. The molecule has 0 rings (SSSR count). The molecule has 196 valence electrons. The van der Waals surface area contributed by atoms with Gasteiger partial charge in [0.05, 0.1) is 0 Å². The third-order valence-corrected chi connectivity index (χ3v) is 4.85. The van der Waals surface area contributed by atoms with Gasteiger partial charge >= 0.3 is 0 Å². The summed E-state index contributed by atoms with van der Waals surface area (Å²) >= 11 is 0. The standard InChI is InChI=1S/C26H50O7/c1-7-29-25(30-8-2)21-17-13-11-15-19-23(27-5)33-24(28-6)20-16-12-14-18-22-26(31-9-3)32-10-4/h15-16,19-20,23-26H,7-14,17-18,21-22H2,1-6H3. The molecule has 0 aliphatic rings. The van der Waals surface area contributed by atoms with Crippen molar-refractivity contribution in [3.8, 4) is 0 Å². The number of allylic oxidation sites excluding steroid dienone is 2. The molecule has 0 radical (unpaired) electrons. The number of unbranched alkanes of at least 4 members (excludes halogenated alkanes) is 4. The Hall–Kier alpha value is -0.800. The van der Waals surface area contributed by atoms with E-state index in [-0.39, 0.29) is 12.6 Å². The summed E-state index contributed by atoms with van der Waals surface area (Å²) in [5.74, 6) is 0. The second-order valence-corrected chi connectivity index (χ2v) is 7.45. The molecule has 0 aromatic carbocycles. The summed E-state index contributed by atoms with van der Waals surface area (Å²) in [6.45, 7) is 10.7. The Morgan fingerprint density at radius 2 is 0.909 bits per heavy atom. The van der Waals surface area contributed by atoms with Crippen LogP contribution in [0, 0.1) is 0 Å². The van der Waals surface area contributed by atoms with Gasteiger partial charge in [0.15, 0.2) is 25.2 Å². The van der Waals surface area contributed by atoms with Crippen LogP contribution in [0.2, 0.25) is 0 Å². The van der Waals surface area contributed by atoms with Gasteiger partial charge in [0.1, 0.15) is 0 Å². The van der Waals surface area contributed by atoms with Gasteiger partial charge in [-0.15, -0.1) is 0 Å². The van der Waals surface area contributed by atoms with E-state index in [9.17, 15) is 0 Å². The van der Waals surface area contributed by atoms with Crippen LogP contribution in [0.25, 0.3) is 0 Å². The lowest BCUT2D eigenvalue weighted by atomic mass is 10.2. The van der Waals surface area contributed by atoms with Crippen molar-refractivity contribution in [3.63, 3.8) is 0 Å². The number of hydrogen-bond donors (Lipinski definition) is 0. The zero-order chi connectivity index (χ0) is 24.6. The number of methoxy groups -OCH3 is 2. The van der Waals surface area contributed by atoms with Crippen LogP contribution in [0.1, 0.15) is 79.1 Å². The van der Waals surface area contributed by atoms with Gasteiger partial charge in [-0.05, 0) is 91.2 Å². The van der Waals surface area contributed by atoms with Gasteiger partial charge in [0.2, 0.25) is 0 Å². The van der Waals surface area contributed by atoms with Gasteiger partial charge in [-0.25, -0.2) is 0 Å². The van der Waals surface area contributed by atoms with Gasteiger partial charge in [-0.2, -0.15) is 0 Å². The summed E-state index contributed by atoms with van der Waals surface area (Å²) in [7, 11) is 3.26. The molecule has 0 saturated heterocycles. The second-order valence-electron chi connectivity index (χ2n) is 7.45. The first-order valence-electron chi connectivity index (χ1n) is 12.7. The molecular formula is C26H50O7. The van der Waals surface area contributed by atoms with E-state index in [0.29, 0.717) is 26.4 Å². The molecule has 0 fully saturated rings. The highest BCUT2D eigenvalue weighted by atomic mass is 16.8. The molecule has 33 heavy (non-hydrogen) atoms. The molecule has 0 aromatic heterocycles. The Morgan fingerprint density at radius 3 is 1.21 bits per heavy atom. The molecule has 0 saturated carbocycles. The quantitative estimate of drug-likeness (QED) is 0.0968. The van der Waals surface area contributed by atoms with E-state index in [4.69, 9.17) is 33.2 Å². The highest BCUT2D eigenvalue weighted by Crippen LogP contribution is 2.12. The van der Waals surface area contributed by atoms with Gasteiger partial charge < -0.3 is 33.2 Å². The van der Waals surface area contributed by atoms with Gasteiger partial charge in [0, 0.05) is 40.6 Å². The first-order chi connectivity index (χ1) is 16.1. The fourth-order valence-corrected chi connectivity index (χ4v) is 3.23. The van der Waals surface area contributed by atoms with Gasteiger partial charge in [0.25, 0.3) is 0 Å². The molecule has 7 nitrogen and oxygen atoms in total. The molecule has 2 atom stereocenters. The highest BCUT2D eigenvalue weighted by molar-refractivity contribution is 4.89. The Labute approximate surface area is 202 Å². The van der Waals surface area contributed by atoms with E-state index < -0.39 is 12.6 Å². The van der Waals surface area contributed by atoms with Crippen LogP contribution in [0.15, 0.2) is 24.3 Å². The van der Waals surface area contributed by atoms with E-state index in [1.165, 1.54) is 0 Å². The zero-order valence-electron chi connectivity index (χ0n) is 22.0. The SMILES string of the molecule is CCOC(CCCCC=CC(OC)OC(C=CCCCCC(OCC)OCC)OC)OCC. The normalized spacial score (nSPS) is 14.3. The van der Waals surface area contributed by atoms with Crippen molar-refractivity contribution in [2.24, 2.45) is 0 Å². The highest BCUT2D eigenvalue weighted by Gasteiger charge is 2.11. The molecule has 0 bridgehead atoms. The summed E-state index contributed by atoms with van der Waals surface area (Å²) in [5.41, 5.74) is 0. The summed E-state index contributed by atoms with van der Waals surface area (Å²) in [5, 5.41) is 0. The molecule has 0 amide bonds. The Morgan fingerprint density at radius 1 is 0.545 bits per heavy atom. The predicted octanol–water partition coefficient (Wildman–Crippen LogP) is 5.98. The summed E-state index contributed by atoms with van der Waals surface area (Å²) in [4.78, 5) is 0.